The van der Waals surface area contributed by atoms with Crippen LogP contribution < -0.4 is 5.32 Å². The van der Waals surface area contributed by atoms with E-state index in [1.165, 1.54) is 12.1 Å². The highest BCUT2D eigenvalue weighted by Gasteiger charge is 2.16. The number of benzene rings is 2. The van der Waals surface area contributed by atoms with E-state index in [1.54, 1.807) is 6.92 Å². The minimum absolute atomic E-state index is 0.199. The Hall–Kier alpha value is -1.69. The standard InChI is InChI=1S/C14H11BrF3NO/c1-7(10-3-2-9(20)6-11(10)16)19-14-12(17)4-8(15)5-13(14)18/h2-7,19-20H,1H3. The lowest BCUT2D eigenvalue weighted by Gasteiger charge is -2.17. The monoisotopic (exact) mass is 345 g/mol. The molecule has 0 bridgehead atoms. The highest BCUT2D eigenvalue weighted by molar-refractivity contribution is 9.10. The van der Waals surface area contributed by atoms with Crippen molar-refractivity contribution in [2.45, 2.75) is 13.0 Å². The molecule has 0 amide bonds. The van der Waals surface area contributed by atoms with Gasteiger partial charge in [0, 0.05) is 16.1 Å². The summed E-state index contributed by atoms with van der Waals surface area (Å²) >= 11 is 2.98. The molecule has 20 heavy (non-hydrogen) atoms. The molecule has 6 heteroatoms. The first kappa shape index (κ1) is 14.7. The maximum absolute atomic E-state index is 13.7. The van der Waals surface area contributed by atoms with Gasteiger partial charge in [-0.15, -0.1) is 0 Å². The van der Waals surface area contributed by atoms with Crippen LogP contribution in [0.3, 0.4) is 0 Å². The molecule has 0 saturated carbocycles. The van der Waals surface area contributed by atoms with Crippen LogP contribution in [0.25, 0.3) is 0 Å². The van der Waals surface area contributed by atoms with Crippen LogP contribution in [0.1, 0.15) is 18.5 Å². The van der Waals surface area contributed by atoms with E-state index in [1.807, 2.05) is 0 Å². The molecule has 0 aliphatic heterocycles. The summed E-state index contributed by atoms with van der Waals surface area (Å²) in [6.45, 7) is 1.57. The topological polar surface area (TPSA) is 32.3 Å². The zero-order chi connectivity index (χ0) is 14.9. The molecule has 1 unspecified atom stereocenters. The van der Waals surface area contributed by atoms with Crippen LogP contribution >= 0.6 is 15.9 Å². The number of anilines is 1. The number of rotatable bonds is 3. The van der Waals surface area contributed by atoms with Crippen LogP contribution in [0.15, 0.2) is 34.8 Å². The van der Waals surface area contributed by atoms with Crippen molar-refractivity contribution in [3.8, 4) is 5.75 Å². The van der Waals surface area contributed by atoms with Crippen LogP contribution in [0.5, 0.6) is 5.75 Å². The number of hydrogen-bond acceptors (Lipinski definition) is 2. The van der Waals surface area contributed by atoms with Crippen LogP contribution in [0.2, 0.25) is 0 Å². The second-order valence-electron chi connectivity index (χ2n) is 4.32. The van der Waals surface area contributed by atoms with Crippen LogP contribution in [-0.4, -0.2) is 5.11 Å². The van der Waals surface area contributed by atoms with E-state index in [0.717, 1.165) is 18.2 Å². The summed E-state index contributed by atoms with van der Waals surface area (Å²) < 4.78 is 41.3. The van der Waals surface area contributed by atoms with E-state index in [2.05, 4.69) is 21.2 Å². The predicted molar refractivity (Wildman–Crippen MR) is 74.2 cm³/mol. The van der Waals surface area contributed by atoms with Crippen molar-refractivity contribution in [2.75, 3.05) is 5.32 Å². The molecule has 2 aromatic rings. The summed E-state index contributed by atoms with van der Waals surface area (Å²) in [4.78, 5) is 0. The molecule has 2 rings (SSSR count). The van der Waals surface area contributed by atoms with E-state index < -0.39 is 23.5 Å². The molecular weight excluding hydrogens is 335 g/mol. The van der Waals surface area contributed by atoms with Crippen LogP contribution in [-0.2, 0) is 0 Å². The summed E-state index contributed by atoms with van der Waals surface area (Å²) in [5, 5.41) is 11.7. The van der Waals surface area contributed by atoms with Gasteiger partial charge in [-0.25, -0.2) is 13.2 Å². The molecule has 0 heterocycles. The molecule has 2 N–H and O–H groups in total. The minimum Gasteiger partial charge on any atom is -0.508 e. The van der Waals surface area contributed by atoms with Gasteiger partial charge in [0.1, 0.15) is 28.9 Å². The van der Waals surface area contributed by atoms with Crippen molar-refractivity contribution >= 4 is 21.6 Å². The average molecular weight is 346 g/mol. The van der Waals surface area contributed by atoms with E-state index in [9.17, 15) is 13.2 Å². The maximum atomic E-state index is 13.7. The summed E-state index contributed by atoms with van der Waals surface area (Å²) in [5.74, 6) is -2.41. The smallest absolute Gasteiger partial charge is 0.150 e. The SMILES string of the molecule is CC(Nc1c(F)cc(Br)cc1F)c1ccc(O)cc1F. The van der Waals surface area contributed by atoms with Crippen molar-refractivity contribution in [3.63, 3.8) is 0 Å². The highest BCUT2D eigenvalue weighted by Crippen LogP contribution is 2.29. The van der Waals surface area contributed by atoms with E-state index >= 15 is 0 Å². The number of nitrogens with one attached hydrogen (secondary N) is 1. The van der Waals surface area contributed by atoms with E-state index in [0.29, 0.717) is 0 Å². The Morgan fingerprint density at radius 2 is 1.65 bits per heavy atom. The number of hydrogen-bond donors (Lipinski definition) is 2. The fraction of sp³-hybridized carbons (Fsp3) is 0.143. The first-order valence-corrected chi connectivity index (χ1v) is 6.57. The first-order valence-electron chi connectivity index (χ1n) is 5.78. The molecule has 0 aromatic heterocycles. The zero-order valence-corrected chi connectivity index (χ0v) is 12.0. The predicted octanol–water partition coefficient (Wildman–Crippen LogP) is 4.75. The third-order valence-electron chi connectivity index (χ3n) is 2.82. The van der Waals surface area contributed by atoms with Crippen molar-refractivity contribution < 1.29 is 18.3 Å². The van der Waals surface area contributed by atoms with Gasteiger partial charge in [-0.2, -0.15) is 0 Å². The Labute approximate surface area is 122 Å². The Balaban J connectivity index is 2.30. The van der Waals surface area contributed by atoms with Crippen molar-refractivity contribution in [3.05, 3.63) is 57.8 Å². The third kappa shape index (κ3) is 3.07. The zero-order valence-electron chi connectivity index (χ0n) is 10.4. The van der Waals surface area contributed by atoms with Gasteiger partial charge in [-0.3, -0.25) is 0 Å². The molecule has 0 aliphatic rings. The second-order valence-corrected chi connectivity index (χ2v) is 5.23. The number of phenolic OH excluding ortho intramolecular Hbond substituents is 1. The lowest BCUT2D eigenvalue weighted by atomic mass is 10.1. The van der Waals surface area contributed by atoms with Crippen molar-refractivity contribution in [1.82, 2.24) is 0 Å². The van der Waals surface area contributed by atoms with E-state index in [4.69, 9.17) is 5.11 Å². The Morgan fingerprint density at radius 1 is 1.05 bits per heavy atom. The van der Waals surface area contributed by atoms with Gasteiger partial charge < -0.3 is 10.4 Å². The third-order valence-corrected chi connectivity index (χ3v) is 3.28. The van der Waals surface area contributed by atoms with Crippen molar-refractivity contribution in [1.29, 1.82) is 0 Å². The second kappa shape index (κ2) is 5.75. The minimum atomic E-state index is -0.775. The molecule has 2 nitrogen and oxygen atoms in total. The molecule has 106 valence electrons. The number of aromatic hydroxyl groups is 1. The van der Waals surface area contributed by atoms with Gasteiger partial charge in [-0.1, -0.05) is 22.0 Å². The Morgan fingerprint density at radius 3 is 2.20 bits per heavy atom. The number of phenols is 1. The normalized spacial score (nSPS) is 12.2. The molecule has 1 atom stereocenters. The molecule has 0 fully saturated rings. The highest BCUT2D eigenvalue weighted by atomic mass is 79.9. The maximum Gasteiger partial charge on any atom is 0.150 e. The Kier molecular flexibility index (Phi) is 4.23. The van der Waals surface area contributed by atoms with Gasteiger partial charge in [0.05, 0.1) is 6.04 Å². The summed E-state index contributed by atoms with van der Waals surface area (Å²) in [6.07, 6.45) is 0. The molecule has 2 aromatic carbocycles. The number of halogens is 4. The molecule has 0 saturated heterocycles. The summed E-state index contributed by atoms with van der Waals surface area (Å²) in [6, 6.07) is 5.18. The molecule has 0 radical (unpaired) electrons. The first-order chi connectivity index (χ1) is 9.38. The van der Waals surface area contributed by atoms with Gasteiger partial charge >= 0.3 is 0 Å². The lowest BCUT2D eigenvalue weighted by Crippen LogP contribution is -2.11. The molecule has 0 aliphatic carbocycles. The largest absolute Gasteiger partial charge is 0.508 e. The van der Waals surface area contributed by atoms with Crippen LogP contribution in [0, 0.1) is 17.5 Å². The molecule has 0 spiro atoms. The summed E-state index contributed by atoms with van der Waals surface area (Å²) in [5.41, 5.74) is -0.127. The van der Waals surface area contributed by atoms with Gasteiger partial charge in [0.25, 0.3) is 0 Å². The van der Waals surface area contributed by atoms with Crippen molar-refractivity contribution in [2.24, 2.45) is 0 Å². The average Bonchev–Trinajstić information content (AvgIpc) is 2.33. The van der Waals surface area contributed by atoms with Crippen LogP contribution in [0.4, 0.5) is 18.9 Å². The summed E-state index contributed by atoms with van der Waals surface area (Å²) in [7, 11) is 0. The molecular formula is C14H11BrF3NO. The fourth-order valence-electron chi connectivity index (χ4n) is 1.84. The van der Waals surface area contributed by atoms with Gasteiger partial charge in [-0.05, 0) is 25.1 Å². The van der Waals surface area contributed by atoms with E-state index in [-0.39, 0.29) is 21.5 Å². The Bertz CT molecular complexity index is 625. The van der Waals surface area contributed by atoms with Gasteiger partial charge in [0.15, 0.2) is 0 Å². The van der Waals surface area contributed by atoms with Gasteiger partial charge in [0.2, 0.25) is 0 Å². The lowest BCUT2D eigenvalue weighted by molar-refractivity contribution is 0.467. The fourth-order valence-corrected chi connectivity index (χ4v) is 2.24. The quantitative estimate of drug-likeness (QED) is 0.841.